The van der Waals surface area contributed by atoms with Crippen LogP contribution in [0.15, 0.2) is 12.4 Å². The van der Waals surface area contributed by atoms with Gasteiger partial charge in [0.2, 0.25) is 5.95 Å². The van der Waals surface area contributed by atoms with Crippen molar-refractivity contribution < 1.29 is 0 Å². The van der Waals surface area contributed by atoms with Crippen LogP contribution in [0.5, 0.6) is 0 Å². The first-order valence-corrected chi connectivity index (χ1v) is 5.48. The topological polar surface area (TPSA) is 29.9 Å². The Morgan fingerprint density at radius 1 is 1.57 bits per heavy atom. The van der Waals surface area contributed by atoms with Gasteiger partial charge in [-0.05, 0) is 27.2 Å². The number of aromatic nitrogens is 2. The van der Waals surface area contributed by atoms with Crippen LogP contribution in [-0.4, -0.2) is 21.0 Å². The SMILES string of the molecule is CCn1ccnc1NC(C)(C)CCCl. The molecule has 0 aliphatic heterocycles. The smallest absolute Gasteiger partial charge is 0.203 e. The van der Waals surface area contributed by atoms with Gasteiger partial charge >= 0.3 is 0 Å². The van der Waals surface area contributed by atoms with E-state index < -0.39 is 0 Å². The number of hydrogen-bond donors (Lipinski definition) is 1. The van der Waals surface area contributed by atoms with E-state index in [4.69, 9.17) is 11.6 Å². The van der Waals surface area contributed by atoms with E-state index in [0.29, 0.717) is 5.88 Å². The molecule has 1 heterocycles. The first kappa shape index (κ1) is 11.4. The van der Waals surface area contributed by atoms with E-state index in [1.807, 2.05) is 12.4 Å². The van der Waals surface area contributed by atoms with E-state index in [1.54, 1.807) is 0 Å². The molecule has 0 aliphatic rings. The van der Waals surface area contributed by atoms with E-state index in [0.717, 1.165) is 18.9 Å². The summed E-state index contributed by atoms with van der Waals surface area (Å²) in [5.41, 5.74) is 0.0000231. The number of imidazole rings is 1. The van der Waals surface area contributed by atoms with Crippen molar-refractivity contribution >= 4 is 17.5 Å². The number of alkyl halides is 1. The predicted molar refractivity (Wildman–Crippen MR) is 60.9 cm³/mol. The fourth-order valence-electron chi connectivity index (χ4n) is 1.29. The van der Waals surface area contributed by atoms with Crippen molar-refractivity contribution in [3.8, 4) is 0 Å². The second-order valence-electron chi connectivity index (χ2n) is 3.98. The molecule has 1 aromatic heterocycles. The molecule has 0 fully saturated rings. The molecule has 1 N–H and O–H groups in total. The van der Waals surface area contributed by atoms with Crippen molar-refractivity contribution in [2.45, 2.75) is 39.3 Å². The zero-order valence-electron chi connectivity index (χ0n) is 9.05. The Balaban J connectivity index is 2.67. The zero-order valence-corrected chi connectivity index (χ0v) is 9.80. The Morgan fingerprint density at radius 3 is 2.86 bits per heavy atom. The van der Waals surface area contributed by atoms with Gasteiger partial charge in [-0.1, -0.05) is 0 Å². The molecule has 1 rings (SSSR count). The number of hydrogen-bond acceptors (Lipinski definition) is 2. The van der Waals surface area contributed by atoms with Crippen molar-refractivity contribution in [2.24, 2.45) is 0 Å². The zero-order chi connectivity index (χ0) is 10.6. The molecule has 80 valence electrons. The molecular formula is C10H18ClN3. The molecule has 0 saturated heterocycles. The van der Waals surface area contributed by atoms with E-state index in [2.05, 4.69) is 35.6 Å². The summed E-state index contributed by atoms with van der Waals surface area (Å²) in [6, 6.07) is 0. The van der Waals surface area contributed by atoms with Crippen molar-refractivity contribution in [1.82, 2.24) is 9.55 Å². The van der Waals surface area contributed by atoms with Crippen LogP contribution < -0.4 is 5.32 Å². The fourth-order valence-corrected chi connectivity index (χ4v) is 1.76. The van der Waals surface area contributed by atoms with Gasteiger partial charge in [0.25, 0.3) is 0 Å². The molecule has 0 amide bonds. The molecule has 0 atom stereocenters. The van der Waals surface area contributed by atoms with Crippen LogP contribution in [0.2, 0.25) is 0 Å². The third kappa shape index (κ3) is 2.91. The molecule has 14 heavy (non-hydrogen) atoms. The minimum absolute atomic E-state index is 0.0000231. The highest BCUT2D eigenvalue weighted by molar-refractivity contribution is 6.17. The summed E-state index contributed by atoms with van der Waals surface area (Å²) < 4.78 is 2.08. The van der Waals surface area contributed by atoms with E-state index >= 15 is 0 Å². The minimum Gasteiger partial charge on any atom is -0.351 e. The molecule has 0 unspecified atom stereocenters. The number of halogens is 1. The molecule has 0 saturated carbocycles. The van der Waals surface area contributed by atoms with Crippen molar-refractivity contribution in [2.75, 3.05) is 11.2 Å². The van der Waals surface area contributed by atoms with Crippen LogP contribution in [0.25, 0.3) is 0 Å². The molecule has 1 aromatic rings. The van der Waals surface area contributed by atoms with Crippen LogP contribution >= 0.6 is 11.6 Å². The summed E-state index contributed by atoms with van der Waals surface area (Å²) in [6.07, 6.45) is 4.70. The van der Waals surface area contributed by atoms with E-state index in [-0.39, 0.29) is 5.54 Å². The number of anilines is 1. The lowest BCUT2D eigenvalue weighted by atomic mass is 10.0. The summed E-state index contributed by atoms with van der Waals surface area (Å²) in [6.45, 7) is 7.29. The maximum Gasteiger partial charge on any atom is 0.203 e. The highest BCUT2D eigenvalue weighted by atomic mass is 35.5. The van der Waals surface area contributed by atoms with Gasteiger partial charge < -0.3 is 9.88 Å². The average Bonchev–Trinajstić information content (AvgIpc) is 2.50. The number of nitrogens with zero attached hydrogens (tertiary/aromatic N) is 2. The first-order chi connectivity index (χ1) is 6.59. The van der Waals surface area contributed by atoms with Crippen LogP contribution in [-0.2, 0) is 6.54 Å². The van der Waals surface area contributed by atoms with Crippen LogP contribution in [0.1, 0.15) is 27.2 Å². The summed E-state index contributed by atoms with van der Waals surface area (Å²) in [5.74, 6) is 1.58. The van der Waals surface area contributed by atoms with Gasteiger partial charge in [-0.2, -0.15) is 0 Å². The summed E-state index contributed by atoms with van der Waals surface area (Å²) in [5, 5.41) is 3.39. The Kier molecular flexibility index (Phi) is 3.81. The fraction of sp³-hybridized carbons (Fsp3) is 0.700. The lowest BCUT2D eigenvalue weighted by Gasteiger charge is -2.26. The Morgan fingerprint density at radius 2 is 2.29 bits per heavy atom. The van der Waals surface area contributed by atoms with Gasteiger partial charge in [-0.25, -0.2) is 4.98 Å². The molecule has 0 bridgehead atoms. The van der Waals surface area contributed by atoms with Gasteiger partial charge in [0.1, 0.15) is 0 Å². The largest absolute Gasteiger partial charge is 0.351 e. The summed E-state index contributed by atoms with van der Waals surface area (Å²) in [7, 11) is 0. The van der Waals surface area contributed by atoms with Crippen molar-refractivity contribution in [3.05, 3.63) is 12.4 Å². The standard InChI is InChI=1S/C10H18ClN3/c1-4-14-8-7-12-9(14)13-10(2,3)5-6-11/h7-8H,4-6H2,1-3H3,(H,12,13). The summed E-state index contributed by atoms with van der Waals surface area (Å²) in [4.78, 5) is 4.26. The molecular weight excluding hydrogens is 198 g/mol. The summed E-state index contributed by atoms with van der Waals surface area (Å²) >= 11 is 5.73. The average molecular weight is 216 g/mol. The van der Waals surface area contributed by atoms with Crippen molar-refractivity contribution in [1.29, 1.82) is 0 Å². The second kappa shape index (κ2) is 4.69. The first-order valence-electron chi connectivity index (χ1n) is 4.94. The van der Waals surface area contributed by atoms with Gasteiger partial charge in [0, 0.05) is 30.4 Å². The lowest BCUT2D eigenvalue weighted by molar-refractivity contribution is 0.539. The third-order valence-electron chi connectivity index (χ3n) is 2.23. The highest BCUT2D eigenvalue weighted by Crippen LogP contribution is 2.17. The molecule has 0 spiro atoms. The van der Waals surface area contributed by atoms with Gasteiger partial charge in [0.05, 0.1) is 0 Å². The molecule has 3 nitrogen and oxygen atoms in total. The van der Waals surface area contributed by atoms with E-state index in [1.165, 1.54) is 0 Å². The third-order valence-corrected chi connectivity index (χ3v) is 2.41. The maximum atomic E-state index is 5.73. The monoisotopic (exact) mass is 215 g/mol. The lowest BCUT2D eigenvalue weighted by Crippen LogP contribution is -2.32. The molecule has 4 heteroatoms. The number of nitrogens with one attached hydrogen (secondary N) is 1. The second-order valence-corrected chi connectivity index (χ2v) is 4.36. The normalized spacial score (nSPS) is 11.7. The Labute approximate surface area is 90.5 Å². The van der Waals surface area contributed by atoms with Gasteiger partial charge in [-0.3, -0.25) is 0 Å². The van der Waals surface area contributed by atoms with Gasteiger partial charge in [0.15, 0.2) is 0 Å². The Hall–Kier alpha value is -0.700. The molecule has 0 radical (unpaired) electrons. The van der Waals surface area contributed by atoms with Crippen LogP contribution in [0, 0.1) is 0 Å². The number of aryl methyl sites for hydroxylation is 1. The van der Waals surface area contributed by atoms with E-state index in [9.17, 15) is 0 Å². The maximum absolute atomic E-state index is 5.73. The van der Waals surface area contributed by atoms with Crippen LogP contribution in [0.3, 0.4) is 0 Å². The quantitative estimate of drug-likeness (QED) is 0.766. The Bertz CT molecular complexity index is 281. The minimum atomic E-state index is 0.0000231. The highest BCUT2D eigenvalue weighted by Gasteiger charge is 2.18. The van der Waals surface area contributed by atoms with Crippen LogP contribution in [0.4, 0.5) is 5.95 Å². The number of rotatable bonds is 5. The van der Waals surface area contributed by atoms with Crippen molar-refractivity contribution in [3.63, 3.8) is 0 Å². The van der Waals surface area contributed by atoms with Gasteiger partial charge in [-0.15, -0.1) is 11.6 Å². The predicted octanol–water partition coefficient (Wildman–Crippen LogP) is 2.72. The molecule has 0 aromatic carbocycles. The molecule has 0 aliphatic carbocycles.